The Balaban J connectivity index is 2.07. The zero-order valence-corrected chi connectivity index (χ0v) is 13.0. The van der Waals surface area contributed by atoms with E-state index in [0.29, 0.717) is 42.8 Å². The highest BCUT2D eigenvalue weighted by atomic mass is 79.9. The average Bonchev–Trinajstić information content (AvgIpc) is 2.48. The Bertz CT molecular complexity index is 544. The van der Waals surface area contributed by atoms with Crippen molar-refractivity contribution < 1.29 is 14.8 Å². The number of β-amino-alcohol motifs (C(OH)–C–C–N with tert-alkyl or cyclic N) is 1. The van der Waals surface area contributed by atoms with Crippen LogP contribution < -0.4 is 0 Å². The van der Waals surface area contributed by atoms with Crippen molar-refractivity contribution in [3.8, 4) is 0 Å². The number of aliphatic hydroxyl groups excluding tert-OH is 1. The predicted octanol–water partition coefficient (Wildman–Crippen LogP) is 1.11. The zero-order chi connectivity index (χ0) is 15.4. The Morgan fingerprint density at radius 1 is 1.33 bits per heavy atom. The highest BCUT2D eigenvalue weighted by Crippen LogP contribution is 2.26. The number of halogens is 1. The average molecular weight is 358 g/mol. The molecule has 1 aromatic rings. The first-order chi connectivity index (χ1) is 10.0. The first kappa shape index (κ1) is 15.9. The minimum atomic E-state index is -0.514. The van der Waals surface area contributed by atoms with Crippen LogP contribution in [0.4, 0.5) is 5.69 Å². The minimum Gasteiger partial charge on any atom is -0.395 e. The van der Waals surface area contributed by atoms with Crippen LogP contribution in [0.15, 0.2) is 22.7 Å². The monoisotopic (exact) mass is 357 g/mol. The van der Waals surface area contributed by atoms with Crippen LogP contribution in [0.25, 0.3) is 0 Å². The first-order valence-corrected chi connectivity index (χ1v) is 7.38. The van der Waals surface area contributed by atoms with E-state index >= 15 is 0 Å². The molecular formula is C13H16BrN3O4. The molecule has 0 aliphatic carbocycles. The second-order valence-electron chi connectivity index (χ2n) is 4.78. The zero-order valence-electron chi connectivity index (χ0n) is 11.4. The molecule has 0 saturated carbocycles. The van der Waals surface area contributed by atoms with E-state index in [4.69, 9.17) is 5.11 Å². The Kier molecular flexibility index (Phi) is 5.27. The number of piperazine rings is 1. The highest BCUT2D eigenvalue weighted by Gasteiger charge is 2.23. The Morgan fingerprint density at radius 2 is 2.00 bits per heavy atom. The number of nitrogens with zero attached hydrogens (tertiary/aromatic N) is 3. The van der Waals surface area contributed by atoms with Crippen LogP contribution in [0, 0.1) is 10.1 Å². The standard InChI is InChI=1S/C13H16BrN3O4/c14-11-2-1-10(9-12(11)17(20)21)13(19)16-5-3-15(4-6-16)7-8-18/h1-2,9,18H,3-8H2. The number of amides is 1. The van der Waals surface area contributed by atoms with Crippen LogP contribution in [0.3, 0.4) is 0 Å². The van der Waals surface area contributed by atoms with Crippen LogP contribution in [0.1, 0.15) is 10.4 Å². The van der Waals surface area contributed by atoms with Crippen molar-refractivity contribution in [1.82, 2.24) is 9.80 Å². The van der Waals surface area contributed by atoms with Crippen LogP contribution in [-0.4, -0.2) is 65.1 Å². The van der Waals surface area contributed by atoms with Gasteiger partial charge in [-0.3, -0.25) is 19.8 Å². The number of rotatable bonds is 4. The van der Waals surface area contributed by atoms with Gasteiger partial charge in [0, 0.05) is 44.4 Å². The second-order valence-corrected chi connectivity index (χ2v) is 5.64. The van der Waals surface area contributed by atoms with Crippen LogP contribution >= 0.6 is 15.9 Å². The molecule has 1 heterocycles. The normalized spacial score (nSPS) is 16.0. The summed E-state index contributed by atoms with van der Waals surface area (Å²) in [5.74, 6) is -0.200. The molecule has 1 aliphatic rings. The van der Waals surface area contributed by atoms with Crippen LogP contribution in [0.2, 0.25) is 0 Å². The van der Waals surface area contributed by atoms with Gasteiger partial charge in [-0.15, -0.1) is 0 Å². The van der Waals surface area contributed by atoms with Gasteiger partial charge in [0.05, 0.1) is 16.0 Å². The fourth-order valence-electron chi connectivity index (χ4n) is 2.28. The summed E-state index contributed by atoms with van der Waals surface area (Å²) in [6, 6.07) is 4.40. The van der Waals surface area contributed by atoms with Gasteiger partial charge in [0.25, 0.3) is 11.6 Å². The van der Waals surface area contributed by atoms with E-state index in [2.05, 4.69) is 20.8 Å². The molecule has 0 bridgehead atoms. The minimum absolute atomic E-state index is 0.104. The molecule has 0 unspecified atom stereocenters. The van der Waals surface area contributed by atoms with Crippen LogP contribution in [0.5, 0.6) is 0 Å². The number of benzene rings is 1. The Labute approximate surface area is 130 Å². The maximum atomic E-state index is 12.4. The number of carbonyl (C=O) groups excluding carboxylic acids is 1. The SMILES string of the molecule is O=C(c1ccc(Br)c([N+](=O)[O-])c1)N1CCN(CCO)CC1. The van der Waals surface area contributed by atoms with Gasteiger partial charge in [0.15, 0.2) is 0 Å². The van der Waals surface area contributed by atoms with Gasteiger partial charge in [-0.05, 0) is 28.1 Å². The largest absolute Gasteiger partial charge is 0.395 e. The summed E-state index contributed by atoms with van der Waals surface area (Å²) in [5, 5.41) is 19.8. The number of carbonyl (C=O) groups is 1. The lowest BCUT2D eigenvalue weighted by molar-refractivity contribution is -0.385. The lowest BCUT2D eigenvalue weighted by atomic mass is 10.1. The molecule has 8 heteroatoms. The summed E-state index contributed by atoms with van der Waals surface area (Å²) in [4.78, 5) is 26.5. The van der Waals surface area contributed by atoms with Crippen molar-refractivity contribution in [3.05, 3.63) is 38.3 Å². The predicted molar refractivity (Wildman–Crippen MR) is 80.2 cm³/mol. The Hall–Kier alpha value is -1.51. The van der Waals surface area contributed by atoms with Gasteiger partial charge < -0.3 is 10.0 Å². The molecule has 0 aromatic heterocycles. The van der Waals surface area contributed by atoms with Gasteiger partial charge in [0.1, 0.15) is 0 Å². The van der Waals surface area contributed by atoms with E-state index in [0.717, 1.165) is 0 Å². The smallest absolute Gasteiger partial charge is 0.284 e. The van der Waals surface area contributed by atoms with Crippen molar-refractivity contribution >= 4 is 27.5 Å². The molecule has 21 heavy (non-hydrogen) atoms. The molecule has 7 nitrogen and oxygen atoms in total. The molecule has 1 aromatic carbocycles. The quantitative estimate of drug-likeness (QED) is 0.644. The molecule has 0 spiro atoms. The molecule has 0 atom stereocenters. The summed E-state index contributed by atoms with van der Waals surface area (Å²) in [6.07, 6.45) is 0. The van der Waals surface area contributed by atoms with Gasteiger partial charge >= 0.3 is 0 Å². The van der Waals surface area contributed by atoms with E-state index in [1.165, 1.54) is 12.1 Å². The van der Waals surface area contributed by atoms with Crippen LogP contribution in [-0.2, 0) is 0 Å². The fraction of sp³-hybridized carbons (Fsp3) is 0.462. The van der Waals surface area contributed by atoms with E-state index < -0.39 is 4.92 Å². The van der Waals surface area contributed by atoms with Crippen molar-refractivity contribution in [3.63, 3.8) is 0 Å². The van der Waals surface area contributed by atoms with Crippen molar-refractivity contribution in [2.45, 2.75) is 0 Å². The second kappa shape index (κ2) is 6.97. The number of hydrogen-bond donors (Lipinski definition) is 1. The third-order valence-electron chi connectivity index (χ3n) is 3.47. The molecule has 1 aliphatic heterocycles. The molecule has 2 rings (SSSR count). The molecule has 114 valence electrons. The lowest BCUT2D eigenvalue weighted by Gasteiger charge is -2.34. The number of nitro benzene ring substituents is 1. The van der Waals surface area contributed by atoms with Gasteiger partial charge in [0.2, 0.25) is 0 Å². The molecular weight excluding hydrogens is 342 g/mol. The van der Waals surface area contributed by atoms with E-state index in [9.17, 15) is 14.9 Å². The van der Waals surface area contributed by atoms with Gasteiger partial charge in [-0.25, -0.2) is 0 Å². The Morgan fingerprint density at radius 3 is 2.57 bits per heavy atom. The molecule has 1 fully saturated rings. The molecule has 1 N–H and O–H groups in total. The number of aliphatic hydroxyl groups is 1. The third-order valence-corrected chi connectivity index (χ3v) is 4.14. The van der Waals surface area contributed by atoms with E-state index in [1.54, 1.807) is 11.0 Å². The molecule has 0 radical (unpaired) electrons. The van der Waals surface area contributed by atoms with E-state index in [1.807, 2.05) is 0 Å². The maximum absolute atomic E-state index is 12.4. The van der Waals surface area contributed by atoms with E-state index in [-0.39, 0.29) is 18.2 Å². The number of hydrogen-bond acceptors (Lipinski definition) is 5. The van der Waals surface area contributed by atoms with Crippen molar-refractivity contribution in [2.24, 2.45) is 0 Å². The summed E-state index contributed by atoms with van der Waals surface area (Å²) >= 11 is 3.10. The fourth-order valence-corrected chi connectivity index (χ4v) is 2.68. The third kappa shape index (κ3) is 3.78. The number of nitro groups is 1. The lowest BCUT2D eigenvalue weighted by Crippen LogP contribution is -2.49. The summed E-state index contributed by atoms with van der Waals surface area (Å²) in [6.45, 7) is 3.22. The summed E-state index contributed by atoms with van der Waals surface area (Å²) < 4.78 is 0.358. The van der Waals surface area contributed by atoms with Crippen molar-refractivity contribution in [1.29, 1.82) is 0 Å². The summed E-state index contributed by atoms with van der Waals surface area (Å²) in [5.41, 5.74) is 0.209. The molecule has 1 amide bonds. The maximum Gasteiger partial charge on any atom is 0.284 e. The summed E-state index contributed by atoms with van der Waals surface area (Å²) in [7, 11) is 0. The van der Waals surface area contributed by atoms with Gasteiger partial charge in [-0.2, -0.15) is 0 Å². The highest BCUT2D eigenvalue weighted by molar-refractivity contribution is 9.10. The first-order valence-electron chi connectivity index (χ1n) is 6.59. The topological polar surface area (TPSA) is 86.9 Å². The van der Waals surface area contributed by atoms with Gasteiger partial charge in [-0.1, -0.05) is 0 Å². The molecule has 1 saturated heterocycles. The van der Waals surface area contributed by atoms with Crippen molar-refractivity contribution in [2.75, 3.05) is 39.3 Å².